The Balaban J connectivity index is 2.89. The smallest absolute Gasteiger partial charge is 0.171 e. The zero-order valence-corrected chi connectivity index (χ0v) is 10.3. The molecule has 0 aromatic heterocycles. The molecule has 0 atom stereocenters. The van der Waals surface area contributed by atoms with E-state index in [4.69, 9.17) is 15.7 Å². The van der Waals surface area contributed by atoms with Crippen LogP contribution in [0.25, 0.3) is 0 Å². The summed E-state index contributed by atoms with van der Waals surface area (Å²) in [4.78, 5) is 0.998. The molecule has 0 aliphatic rings. The Morgan fingerprint density at radius 3 is 2.94 bits per heavy atom. The van der Waals surface area contributed by atoms with Crippen LogP contribution in [0.1, 0.15) is 11.1 Å². The van der Waals surface area contributed by atoms with Gasteiger partial charge in [0.2, 0.25) is 0 Å². The number of methoxy groups -OCH3 is 1. The predicted molar refractivity (Wildman–Crippen MR) is 66.3 cm³/mol. The first kappa shape index (κ1) is 12.9. The van der Waals surface area contributed by atoms with Gasteiger partial charge in [0, 0.05) is 23.3 Å². The van der Waals surface area contributed by atoms with Crippen molar-refractivity contribution in [2.45, 2.75) is 11.8 Å². The van der Waals surface area contributed by atoms with Crippen molar-refractivity contribution in [1.82, 2.24) is 0 Å². The predicted octanol–water partition coefficient (Wildman–Crippen LogP) is 1.83. The minimum atomic E-state index is 0.142. The van der Waals surface area contributed by atoms with Crippen molar-refractivity contribution in [2.75, 3.05) is 19.5 Å². The Morgan fingerprint density at radius 1 is 1.56 bits per heavy atom. The number of nitrogens with two attached hydrogens (primary N) is 1. The zero-order chi connectivity index (χ0) is 12.0. The van der Waals surface area contributed by atoms with E-state index < -0.39 is 0 Å². The Labute approximate surface area is 99.5 Å². The number of ether oxygens (including phenoxy) is 1. The maximum absolute atomic E-state index is 8.70. The van der Waals surface area contributed by atoms with Gasteiger partial charge < -0.3 is 15.7 Å². The van der Waals surface area contributed by atoms with Gasteiger partial charge in [-0.25, -0.2) is 0 Å². The van der Waals surface area contributed by atoms with Crippen LogP contribution in [0.4, 0.5) is 0 Å². The van der Waals surface area contributed by atoms with Gasteiger partial charge in [0.15, 0.2) is 5.84 Å². The Kier molecular flexibility index (Phi) is 5.14. The molecule has 0 heterocycles. The fraction of sp³-hybridized carbons (Fsp3) is 0.364. The average Bonchev–Trinajstić information content (AvgIpc) is 2.30. The summed E-state index contributed by atoms with van der Waals surface area (Å²) < 4.78 is 4.98. The Hall–Kier alpha value is -1.20. The highest BCUT2D eigenvalue weighted by atomic mass is 32.2. The van der Waals surface area contributed by atoms with Gasteiger partial charge in [0.1, 0.15) is 0 Å². The normalized spacial score (nSPS) is 11.8. The summed E-state index contributed by atoms with van der Waals surface area (Å²) in [5.41, 5.74) is 7.47. The van der Waals surface area contributed by atoms with E-state index in [0.29, 0.717) is 6.61 Å². The van der Waals surface area contributed by atoms with E-state index in [1.807, 2.05) is 25.1 Å². The van der Waals surface area contributed by atoms with E-state index in [9.17, 15) is 0 Å². The van der Waals surface area contributed by atoms with Crippen molar-refractivity contribution in [3.05, 3.63) is 29.3 Å². The molecule has 0 radical (unpaired) electrons. The third-order valence-corrected chi connectivity index (χ3v) is 3.10. The molecule has 0 aliphatic carbocycles. The summed E-state index contributed by atoms with van der Waals surface area (Å²) in [5.74, 6) is 0.981. The first-order valence-corrected chi connectivity index (χ1v) is 5.88. The van der Waals surface area contributed by atoms with Gasteiger partial charge in [-0.3, -0.25) is 0 Å². The molecule has 1 rings (SSSR count). The number of thioether (sulfide) groups is 1. The van der Waals surface area contributed by atoms with Crippen molar-refractivity contribution in [2.24, 2.45) is 10.9 Å². The summed E-state index contributed by atoms with van der Waals surface area (Å²) in [6.07, 6.45) is 0. The molecule has 1 aromatic rings. The molecule has 0 saturated carbocycles. The largest absolute Gasteiger partial charge is 0.409 e. The van der Waals surface area contributed by atoms with Crippen LogP contribution in [-0.4, -0.2) is 30.5 Å². The number of rotatable bonds is 5. The first-order valence-electron chi connectivity index (χ1n) is 4.89. The highest BCUT2D eigenvalue weighted by Crippen LogP contribution is 2.23. The quantitative estimate of drug-likeness (QED) is 0.206. The maximum atomic E-state index is 8.70. The van der Waals surface area contributed by atoms with E-state index in [1.54, 1.807) is 18.9 Å². The molecule has 0 saturated heterocycles. The van der Waals surface area contributed by atoms with Crippen LogP contribution in [0.5, 0.6) is 0 Å². The average molecular weight is 240 g/mol. The van der Waals surface area contributed by atoms with Gasteiger partial charge in [-0.1, -0.05) is 16.8 Å². The van der Waals surface area contributed by atoms with Crippen molar-refractivity contribution >= 4 is 17.6 Å². The third kappa shape index (κ3) is 3.43. The van der Waals surface area contributed by atoms with Crippen LogP contribution in [0.15, 0.2) is 28.3 Å². The van der Waals surface area contributed by atoms with Gasteiger partial charge in [-0.15, -0.1) is 11.8 Å². The number of oxime groups is 1. The Bertz CT molecular complexity index is 380. The fourth-order valence-electron chi connectivity index (χ4n) is 1.26. The highest BCUT2D eigenvalue weighted by molar-refractivity contribution is 7.99. The number of aryl methyl sites for hydroxylation is 1. The first-order chi connectivity index (χ1) is 7.69. The van der Waals surface area contributed by atoms with Crippen LogP contribution in [0.2, 0.25) is 0 Å². The minimum Gasteiger partial charge on any atom is -0.409 e. The minimum absolute atomic E-state index is 0.142. The molecule has 0 spiro atoms. The van der Waals surface area contributed by atoms with E-state index in [1.165, 1.54) is 0 Å². The highest BCUT2D eigenvalue weighted by Gasteiger charge is 2.07. The summed E-state index contributed by atoms with van der Waals surface area (Å²) in [7, 11) is 1.67. The molecular weight excluding hydrogens is 224 g/mol. The number of amidine groups is 1. The van der Waals surface area contributed by atoms with Crippen molar-refractivity contribution in [1.29, 1.82) is 0 Å². The lowest BCUT2D eigenvalue weighted by Crippen LogP contribution is -2.14. The van der Waals surface area contributed by atoms with Gasteiger partial charge in [0.25, 0.3) is 0 Å². The standard InChI is InChI=1S/C11H16N2O2S/c1-8-3-4-10(16-6-5-15-2)9(7-8)11(12)13-14/h3-4,7,14H,5-6H2,1-2H3,(H2,12,13). The molecule has 3 N–H and O–H groups in total. The van der Waals surface area contributed by atoms with Crippen molar-refractivity contribution < 1.29 is 9.94 Å². The van der Waals surface area contributed by atoms with Gasteiger partial charge in [-0.2, -0.15) is 0 Å². The summed E-state index contributed by atoms with van der Waals surface area (Å²) in [6, 6.07) is 5.89. The van der Waals surface area contributed by atoms with Crippen LogP contribution < -0.4 is 5.73 Å². The Morgan fingerprint density at radius 2 is 2.31 bits per heavy atom. The van der Waals surface area contributed by atoms with Crippen LogP contribution in [0.3, 0.4) is 0 Å². The van der Waals surface area contributed by atoms with Gasteiger partial charge in [0.05, 0.1) is 6.61 Å². The maximum Gasteiger partial charge on any atom is 0.171 e. The van der Waals surface area contributed by atoms with Gasteiger partial charge >= 0.3 is 0 Å². The van der Waals surface area contributed by atoms with Crippen molar-refractivity contribution in [3.63, 3.8) is 0 Å². The molecule has 0 fully saturated rings. The lowest BCUT2D eigenvalue weighted by molar-refractivity contribution is 0.218. The fourth-order valence-corrected chi connectivity index (χ4v) is 2.21. The van der Waals surface area contributed by atoms with Crippen LogP contribution in [0, 0.1) is 6.92 Å². The second-order valence-corrected chi connectivity index (χ2v) is 4.46. The van der Waals surface area contributed by atoms with Crippen LogP contribution in [-0.2, 0) is 4.74 Å². The van der Waals surface area contributed by atoms with Gasteiger partial charge in [-0.05, 0) is 19.1 Å². The molecule has 0 aliphatic heterocycles. The second kappa shape index (κ2) is 6.40. The number of hydrogen-bond donors (Lipinski definition) is 2. The molecule has 0 amide bonds. The number of hydrogen-bond acceptors (Lipinski definition) is 4. The number of nitrogens with zero attached hydrogens (tertiary/aromatic N) is 1. The third-order valence-electron chi connectivity index (χ3n) is 2.06. The topological polar surface area (TPSA) is 67.8 Å². The van der Waals surface area contributed by atoms with Crippen LogP contribution >= 0.6 is 11.8 Å². The molecule has 5 heteroatoms. The summed E-state index contributed by atoms with van der Waals surface area (Å²) >= 11 is 1.63. The van der Waals surface area contributed by atoms with E-state index >= 15 is 0 Å². The molecular formula is C11H16N2O2S. The molecule has 16 heavy (non-hydrogen) atoms. The summed E-state index contributed by atoms with van der Waals surface area (Å²) in [6.45, 7) is 2.64. The lowest BCUT2D eigenvalue weighted by Gasteiger charge is -2.08. The van der Waals surface area contributed by atoms with E-state index in [0.717, 1.165) is 21.8 Å². The SMILES string of the molecule is COCCSc1ccc(C)cc1/C(N)=N/O. The van der Waals surface area contributed by atoms with E-state index in [-0.39, 0.29) is 5.84 Å². The molecule has 0 bridgehead atoms. The number of benzene rings is 1. The second-order valence-electron chi connectivity index (χ2n) is 3.33. The lowest BCUT2D eigenvalue weighted by atomic mass is 10.1. The van der Waals surface area contributed by atoms with Crippen molar-refractivity contribution in [3.8, 4) is 0 Å². The molecule has 0 unspecified atom stereocenters. The molecule has 88 valence electrons. The monoisotopic (exact) mass is 240 g/mol. The van der Waals surface area contributed by atoms with E-state index in [2.05, 4.69) is 5.16 Å². The summed E-state index contributed by atoms with van der Waals surface area (Å²) in [5, 5.41) is 11.7. The molecule has 4 nitrogen and oxygen atoms in total. The molecule has 1 aromatic carbocycles. The zero-order valence-electron chi connectivity index (χ0n) is 9.43.